The Labute approximate surface area is 141 Å². The minimum Gasteiger partial charge on any atom is -0.318 e. The van der Waals surface area contributed by atoms with Crippen LogP contribution in [0.3, 0.4) is 0 Å². The van der Waals surface area contributed by atoms with E-state index in [1.807, 2.05) is 30.3 Å². The summed E-state index contributed by atoms with van der Waals surface area (Å²) in [6.07, 6.45) is 1.41. The van der Waals surface area contributed by atoms with Crippen LogP contribution in [0.4, 0.5) is 15.8 Å². The molecule has 0 saturated carbocycles. The van der Waals surface area contributed by atoms with E-state index in [2.05, 4.69) is 15.6 Å². The number of halogens is 1. The molecule has 0 saturated heterocycles. The monoisotopic (exact) mass is 341 g/mol. The van der Waals surface area contributed by atoms with Crippen LogP contribution in [-0.4, -0.2) is 25.8 Å². The largest absolute Gasteiger partial charge is 0.318 e. The Morgan fingerprint density at radius 3 is 2.72 bits per heavy atom. The predicted molar refractivity (Wildman–Crippen MR) is 86.6 cm³/mol. The average Bonchev–Trinajstić information content (AvgIpc) is 3.06. The first-order valence-electron chi connectivity index (χ1n) is 7.22. The fourth-order valence-electron chi connectivity index (χ4n) is 2.16. The Balaban J connectivity index is 1.74. The van der Waals surface area contributed by atoms with Crippen molar-refractivity contribution in [2.24, 2.45) is 0 Å². The van der Waals surface area contributed by atoms with Gasteiger partial charge in [0.05, 0.1) is 23.4 Å². The van der Waals surface area contributed by atoms with E-state index in [0.29, 0.717) is 6.54 Å². The van der Waals surface area contributed by atoms with Crippen molar-refractivity contribution in [1.29, 1.82) is 0 Å². The number of amides is 1. The Kier molecular flexibility index (Phi) is 4.46. The number of nitro benzene ring substituents is 1. The standard InChI is InChI=1S/C16H12FN5O3/c17-13-7-6-12(22(24)25)8-14(13)18-16(23)15-10-21(20-19-15)9-11-4-2-1-3-5-11/h1-8,10H,9H2,(H,18,23). The summed E-state index contributed by atoms with van der Waals surface area (Å²) in [7, 11) is 0. The van der Waals surface area contributed by atoms with E-state index >= 15 is 0 Å². The topological polar surface area (TPSA) is 103 Å². The van der Waals surface area contributed by atoms with Gasteiger partial charge in [0.15, 0.2) is 5.69 Å². The first-order valence-corrected chi connectivity index (χ1v) is 7.22. The molecule has 25 heavy (non-hydrogen) atoms. The van der Waals surface area contributed by atoms with Crippen LogP contribution in [0.15, 0.2) is 54.7 Å². The second-order valence-electron chi connectivity index (χ2n) is 5.16. The molecule has 0 spiro atoms. The molecule has 0 aliphatic carbocycles. The number of anilines is 1. The molecule has 9 heteroatoms. The van der Waals surface area contributed by atoms with Crippen molar-refractivity contribution in [3.63, 3.8) is 0 Å². The summed E-state index contributed by atoms with van der Waals surface area (Å²) in [4.78, 5) is 22.2. The summed E-state index contributed by atoms with van der Waals surface area (Å²) < 4.78 is 15.2. The first kappa shape index (κ1) is 16.2. The van der Waals surface area contributed by atoms with E-state index in [1.54, 1.807) is 0 Å². The second-order valence-corrected chi connectivity index (χ2v) is 5.16. The SMILES string of the molecule is O=C(Nc1cc([N+](=O)[O-])ccc1F)c1cn(Cc2ccccc2)nn1. The highest BCUT2D eigenvalue weighted by Crippen LogP contribution is 2.21. The lowest BCUT2D eigenvalue weighted by Gasteiger charge is -2.04. The predicted octanol–water partition coefficient (Wildman–Crippen LogP) is 2.63. The van der Waals surface area contributed by atoms with Gasteiger partial charge in [0.1, 0.15) is 5.82 Å². The van der Waals surface area contributed by atoms with Gasteiger partial charge in [0.2, 0.25) is 0 Å². The minimum absolute atomic E-state index is 0.0261. The van der Waals surface area contributed by atoms with E-state index in [-0.39, 0.29) is 17.1 Å². The number of nitrogens with one attached hydrogen (secondary N) is 1. The van der Waals surface area contributed by atoms with Crippen LogP contribution in [0.25, 0.3) is 0 Å². The highest BCUT2D eigenvalue weighted by Gasteiger charge is 2.16. The molecule has 1 amide bonds. The van der Waals surface area contributed by atoms with Crippen molar-refractivity contribution < 1.29 is 14.1 Å². The lowest BCUT2D eigenvalue weighted by atomic mass is 10.2. The molecule has 8 nitrogen and oxygen atoms in total. The third-order valence-corrected chi connectivity index (χ3v) is 3.37. The van der Waals surface area contributed by atoms with Crippen LogP contribution in [-0.2, 0) is 6.54 Å². The van der Waals surface area contributed by atoms with E-state index < -0.39 is 16.6 Å². The molecule has 2 aromatic carbocycles. The maximum atomic E-state index is 13.7. The molecule has 0 unspecified atom stereocenters. The van der Waals surface area contributed by atoms with Gasteiger partial charge in [0, 0.05) is 12.1 Å². The van der Waals surface area contributed by atoms with Crippen LogP contribution in [0.2, 0.25) is 0 Å². The highest BCUT2D eigenvalue weighted by molar-refractivity contribution is 6.02. The Morgan fingerprint density at radius 2 is 2.00 bits per heavy atom. The number of carbonyl (C=O) groups is 1. The Morgan fingerprint density at radius 1 is 1.24 bits per heavy atom. The van der Waals surface area contributed by atoms with Crippen molar-refractivity contribution in [1.82, 2.24) is 15.0 Å². The summed E-state index contributed by atoms with van der Waals surface area (Å²) in [6.45, 7) is 0.423. The molecular formula is C16H12FN5O3. The number of hydrogen-bond donors (Lipinski definition) is 1. The molecule has 0 bridgehead atoms. The summed E-state index contributed by atoms with van der Waals surface area (Å²) >= 11 is 0. The molecular weight excluding hydrogens is 329 g/mol. The van der Waals surface area contributed by atoms with Gasteiger partial charge >= 0.3 is 0 Å². The van der Waals surface area contributed by atoms with Gasteiger partial charge in [-0.05, 0) is 11.6 Å². The van der Waals surface area contributed by atoms with Crippen molar-refractivity contribution >= 4 is 17.3 Å². The number of rotatable bonds is 5. The number of nitro groups is 1. The second kappa shape index (κ2) is 6.87. The average molecular weight is 341 g/mol. The number of benzene rings is 2. The van der Waals surface area contributed by atoms with E-state index in [9.17, 15) is 19.3 Å². The molecule has 0 atom stereocenters. The molecule has 0 aliphatic rings. The zero-order valence-electron chi connectivity index (χ0n) is 12.8. The summed E-state index contributed by atoms with van der Waals surface area (Å²) in [5.74, 6) is -1.49. The van der Waals surface area contributed by atoms with Crippen LogP contribution in [0.1, 0.15) is 16.1 Å². The summed E-state index contributed by atoms with van der Waals surface area (Å²) in [6, 6.07) is 12.3. The smallest absolute Gasteiger partial charge is 0.277 e. The molecule has 1 aromatic heterocycles. The van der Waals surface area contributed by atoms with Gasteiger partial charge in [-0.25, -0.2) is 9.07 Å². The van der Waals surface area contributed by atoms with Crippen molar-refractivity contribution in [2.45, 2.75) is 6.54 Å². The van der Waals surface area contributed by atoms with Gasteiger partial charge in [-0.1, -0.05) is 35.5 Å². The lowest BCUT2D eigenvalue weighted by molar-refractivity contribution is -0.384. The minimum atomic E-state index is -0.782. The summed E-state index contributed by atoms with van der Waals surface area (Å²) in [5.41, 5.74) is 0.326. The quantitative estimate of drug-likeness (QED) is 0.567. The molecule has 0 aliphatic heterocycles. The van der Waals surface area contributed by atoms with E-state index in [4.69, 9.17) is 0 Å². The highest BCUT2D eigenvalue weighted by atomic mass is 19.1. The van der Waals surface area contributed by atoms with Crippen molar-refractivity contribution in [3.8, 4) is 0 Å². The van der Waals surface area contributed by atoms with Crippen LogP contribution < -0.4 is 5.32 Å². The third kappa shape index (κ3) is 3.83. The fraction of sp³-hybridized carbons (Fsp3) is 0.0625. The number of nitrogens with zero attached hydrogens (tertiary/aromatic N) is 4. The molecule has 1 heterocycles. The fourth-order valence-corrected chi connectivity index (χ4v) is 2.16. The van der Waals surface area contributed by atoms with Crippen molar-refractivity contribution in [2.75, 3.05) is 5.32 Å². The molecule has 1 N–H and O–H groups in total. The van der Waals surface area contributed by atoms with Gasteiger partial charge in [0.25, 0.3) is 11.6 Å². The van der Waals surface area contributed by atoms with Gasteiger partial charge < -0.3 is 5.32 Å². The Bertz CT molecular complexity index is 927. The van der Waals surface area contributed by atoms with Crippen LogP contribution in [0.5, 0.6) is 0 Å². The lowest BCUT2D eigenvalue weighted by Crippen LogP contribution is -2.13. The summed E-state index contributed by atoms with van der Waals surface area (Å²) in [5, 5.41) is 20.6. The molecule has 3 aromatic rings. The first-order chi connectivity index (χ1) is 12.0. The van der Waals surface area contributed by atoms with Crippen LogP contribution >= 0.6 is 0 Å². The zero-order valence-corrected chi connectivity index (χ0v) is 12.8. The molecule has 3 rings (SSSR count). The number of non-ortho nitro benzene ring substituents is 1. The van der Waals surface area contributed by atoms with Gasteiger partial charge in [-0.15, -0.1) is 5.10 Å². The van der Waals surface area contributed by atoms with Gasteiger partial charge in [-0.3, -0.25) is 14.9 Å². The third-order valence-electron chi connectivity index (χ3n) is 3.37. The maximum absolute atomic E-state index is 13.7. The zero-order chi connectivity index (χ0) is 17.8. The molecule has 0 fully saturated rings. The van der Waals surface area contributed by atoms with Gasteiger partial charge in [-0.2, -0.15) is 0 Å². The van der Waals surface area contributed by atoms with Crippen molar-refractivity contribution in [3.05, 3.63) is 81.9 Å². The number of aromatic nitrogens is 3. The Hall–Kier alpha value is -3.62. The maximum Gasteiger partial charge on any atom is 0.277 e. The molecule has 126 valence electrons. The van der Waals surface area contributed by atoms with E-state index in [1.165, 1.54) is 10.9 Å². The number of carbonyl (C=O) groups excluding carboxylic acids is 1. The normalized spacial score (nSPS) is 10.4. The van der Waals surface area contributed by atoms with E-state index in [0.717, 1.165) is 23.8 Å². The molecule has 0 radical (unpaired) electrons. The van der Waals surface area contributed by atoms with Crippen LogP contribution in [0, 0.1) is 15.9 Å². The number of hydrogen-bond acceptors (Lipinski definition) is 5.